The van der Waals surface area contributed by atoms with Gasteiger partial charge in [0.25, 0.3) is 0 Å². The molecule has 0 spiro atoms. The van der Waals surface area contributed by atoms with Crippen LogP contribution < -0.4 is 11.6 Å². The second-order valence-corrected chi connectivity index (χ2v) is 1.15. The average Bonchev–Trinajstić information content (AvgIpc) is 1.84. The van der Waals surface area contributed by atoms with Crippen LogP contribution in [-0.2, 0) is 0 Å². The molecule has 0 aliphatic carbocycles. The van der Waals surface area contributed by atoms with Gasteiger partial charge in [0.2, 0.25) is 5.96 Å². The van der Waals surface area contributed by atoms with Gasteiger partial charge in [-0.1, -0.05) is 0 Å². The Morgan fingerprint density at radius 3 is 2.38 bits per heavy atom. The van der Waals surface area contributed by atoms with Crippen LogP contribution in [-0.4, -0.2) is 24.7 Å². The van der Waals surface area contributed by atoms with Gasteiger partial charge in [-0.05, 0) is 0 Å². The van der Waals surface area contributed by atoms with Crippen molar-refractivity contribution < 1.29 is 0 Å². The summed E-state index contributed by atoms with van der Waals surface area (Å²) in [5, 5.41) is 7.82. The van der Waals surface area contributed by atoms with E-state index in [2.05, 4.69) is 16.9 Å². The molecule has 0 aromatic rings. The van der Waals surface area contributed by atoms with Crippen LogP contribution in [0, 0.1) is 0 Å². The summed E-state index contributed by atoms with van der Waals surface area (Å²) in [7, 11) is 1.60. The van der Waals surface area contributed by atoms with Crippen molar-refractivity contribution >= 4 is 12.7 Å². The van der Waals surface area contributed by atoms with E-state index in [1.165, 1.54) is 5.01 Å². The minimum absolute atomic E-state index is 0.139. The molecule has 8 heavy (non-hydrogen) atoms. The molecule has 4 N–H and O–H groups in total. The third kappa shape index (κ3) is 1.46. The van der Waals surface area contributed by atoms with Gasteiger partial charge in [0, 0.05) is 13.8 Å². The molecule has 0 aromatic carbocycles. The molecule has 46 valence electrons. The highest BCUT2D eigenvalue weighted by Crippen LogP contribution is 1.75. The van der Waals surface area contributed by atoms with E-state index in [0.717, 1.165) is 0 Å². The Kier molecular flexibility index (Phi) is 2.39. The molecule has 0 unspecified atom stereocenters. The fourth-order valence-corrected chi connectivity index (χ4v) is 0.156. The topological polar surface area (TPSA) is 80.0 Å². The van der Waals surface area contributed by atoms with Gasteiger partial charge < -0.3 is 11.6 Å². The summed E-state index contributed by atoms with van der Waals surface area (Å²) in [6.07, 6.45) is 0. The Hall–Kier alpha value is -1.26. The Balaban J connectivity index is 3.81. The first-order valence-corrected chi connectivity index (χ1v) is 1.96. The smallest absolute Gasteiger partial charge is 0.233 e. The monoisotopic (exact) mass is 115 g/mol. The Bertz CT molecular complexity index is 106. The zero-order chi connectivity index (χ0) is 6.57. The summed E-state index contributed by atoms with van der Waals surface area (Å²) in [5.41, 5.74) is 5.14. The predicted octanol–water partition coefficient (Wildman–Crippen LogP) is -1.28. The molecule has 0 amide bonds. The maximum atomic E-state index is 5.14. The molecule has 0 aliphatic rings. The van der Waals surface area contributed by atoms with E-state index in [1.54, 1.807) is 7.05 Å². The number of hydrazone groups is 2. The third-order valence-electron chi connectivity index (χ3n) is 0.676. The highest BCUT2D eigenvalue weighted by atomic mass is 15.5. The third-order valence-corrected chi connectivity index (χ3v) is 0.676. The summed E-state index contributed by atoms with van der Waals surface area (Å²) in [5.74, 6) is 4.92. The van der Waals surface area contributed by atoms with E-state index in [-0.39, 0.29) is 5.96 Å². The van der Waals surface area contributed by atoms with E-state index >= 15 is 0 Å². The van der Waals surface area contributed by atoms with E-state index < -0.39 is 0 Å². The largest absolute Gasteiger partial charge is 0.367 e. The highest BCUT2D eigenvalue weighted by molar-refractivity contribution is 5.77. The Morgan fingerprint density at radius 2 is 2.25 bits per heavy atom. The molecule has 0 aliphatic heterocycles. The van der Waals surface area contributed by atoms with Crippen LogP contribution in [0.4, 0.5) is 0 Å². The van der Waals surface area contributed by atoms with Crippen molar-refractivity contribution in [2.75, 3.05) is 7.05 Å². The van der Waals surface area contributed by atoms with Gasteiger partial charge in [-0.15, -0.1) is 5.10 Å². The number of hydrogen-bond acceptors (Lipinski definition) is 3. The fraction of sp³-hybridized carbons (Fsp3) is 0.333. The standard InChI is InChI=1S/C3H9N5/c1-6-8(2)3(4)7-5/h1,5H2,2H3,(H2,4,7). The molecular weight excluding hydrogens is 106 g/mol. The molecule has 0 fully saturated rings. The molecule has 0 heterocycles. The van der Waals surface area contributed by atoms with Gasteiger partial charge in [0.05, 0.1) is 0 Å². The zero-order valence-electron chi connectivity index (χ0n) is 4.70. The fourth-order valence-electron chi connectivity index (χ4n) is 0.156. The molecule has 0 rings (SSSR count). The van der Waals surface area contributed by atoms with Crippen molar-refractivity contribution in [2.24, 2.45) is 21.8 Å². The van der Waals surface area contributed by atoms with Gasteiger partial charge in [0.1, 0.15) is 0 Å². The highest BCUT2D eigenvalue weighted by Gasteiger charge is 1.92. The Labute approximate surface area is 47.6 Å². The lowest BCUT2D eigenvalue weighted by atomic mass is 10.9. The summed E-state index contributed by atoms with van der Waals surface area (Å²) >= 11 is 0. The van der Waals surface area contributed by atoms with Crippen molar-refractivity contribution in [3.63, 3.8) is 0 Å². The minimum Gasteiger partial charge on any atom is -0.367 e. The maximum absolute atomic E-state index is 5.14. The number of rotatable bonds is 1. The summed E-state index contributed by atoms with van der Waals surface area (Å²) in [6.45, 7) is 3.19. The molecule has 0 saturated heterocycles. The second kappa shape index (κ2) is 2.84. The van der Waals surface area contributed by atoms with Crippen molar-refractivity contribution in [3.05, 3.63) is 0 Å². The molecular formula is C3H9N5. The lowest BCUT2D eigenvalue weighted by Gasteiger charge is -2.07. The lowest BCUT2D eigenvalue weighted by Crippen LogP contribution is -2.30. The SMILES string of the molecule is C=NN(C)/C(N)=N\N. The van der Waals surface area contributed by atoms with Crippen LogP contribution in [0.3, 0.4) is 0 Å². The van der Waals surface area contributed by atoms with Gasteiger partial charge in [-0.25, -0.2) is 5.01 Å². The average molecular weight is 115 g/mol. The van der Waals surface area contributed by atoms with Gasteiger partial charge in [0.15, 0.2) is 0 Å². The molecule has 0 saturated carbocycles. The lowest BCUT2D eigenvalue weighted by molar-refractivity contribution is 0.540. The normalized spacial score (nSPS) is 10.9. The maximum Gasteiger partial charge on any atom is 0.233 e. The molecule has 0 atom stereocenters. The first-order chi connectivity index (χ1) is 3.72. The summed E-state index contributed by atoms with van der Waals surface area (Å²) < 4.78 is 0. The van der Waals surface area contributed by atoms with E-state index in [1.807, 2.05) is 0 Å². The van der Waals surface area contributed by atoms with Crippen LogP contribution >= 0.6 is 0 Å². The van der Waals surface area contributed by atoms with Crippen molar-refractivity contribution in [1.29, 1.82) is 0 Å². The number of nitrogens with two attached hydrogens (primary N) is 2. The zero-order valence-corrected chi connectivity index (χ0v) is 4.70. The van der Waals surface area contributed by atoms with E-state index in [9.17, 15) is 0 Å². The molecule has 5 heteroatoms. The molecule has 0 bridgehead atoms. The van der Waals surface area contributed by atoms with Crippen LogP contribution in [0.1, 0.15) is 0 Å². The van der Waals surface area contributed by atoms with Crippen molar-refractivity contribution in [1.82, 2.24) is 5.01 Å². The van der Waals surface area contributed by atoms with Crippen molar-refractivity contribution in [2.45, 2.75) is 0 Å². The first kappa shape index (κ1) is 6.74. The van der Waals surface area contributed by atoms with E-state index in [4.69, 9.17) is 11.6 Å². The molecule has 5 nitrogen and oxygen atoms in total. The van der Waals surface area contributed by atoms with Crippen LogP contribution in [0.2, 0.25) is 0 Å². The summed E-state index contributed by atoms with van der Waals surface area (Å²) in [6, 6.07) is 0. The molecule has 0 aromatic heterocycles. The van der Waals surface area contributed by atoms with Gasteiger partial charge in [-0.2, -0.15) is 5.10 Å². The number of guanidine groups is 1. The molecule has 0 radical (unpaired) electrons. The Morgan fingerprint density at radius 1 is 1.75 bits per heavy atom. The van der Waals surface area contributed by atoms with Gasteiger partial charge >= 0.3 is 0 Å². The summed E-state index contributed by atoms with van der Waals surface area (Å²) in [4.78, 5) is 0. The van der Waals surface area contributed by atoms with Crippen LogP contribution in [0.25, 0.3) is 0 Å². The van der Waals surface area contributed by atoms with Crippen LogP contribution in [0.5, 0.6) is 0 Å². The predicted molar refractivity (Wildman–Crippen MR) is 33.1 cm³/mol. The van der Waals surface area contributed by atoms with Gasteiger partial charge in [-0.3, -0.25) is 0 Å². The minimum atomic E-state index is 0.139. The van der Waals surface area contributed by atoms with E-state index in [0.29, 0.717) is 0 Å². The number of nitrogens with zero attached hydrogens (tertiary/aromatic N) is 3. The number of hydrogen-bond donors (Lipinski definition) is 2. The quantitative estimate of drug-likeness (QED) is 0.193. The second-order valence-electron chi connectivity index (χ2n) is 1.15. The first-order valence-electron chi connectivity index (χ1n) is 1.96. The van der Waals surface area contributed by atoms with Crippen LogP contribution in [0.15, 0.2) is 10.2 Å². The van der Waals surface area contributed by atoms with Crippen molar-refractivity contribution in [3.8, 4) is 0 Å².